The molecule has 0 bridgehead atoms. The molecule has 2 amide bonds. The highest BCUT2D eigenvalue weighted by molar-refractivity contribution is 7.14. The molecule has 0 saturated carbocycles. The van der Waals surface area contributed by atoms with Crippen LogP contribution in [0.5, 0.6) is 5.75 Å². The molecule has 2 rings (SSSR count). The summed E-state index contributed by atoms with van der Waals surface area (Å²) in [5.74, 6) is -1.42. The number of para-hydroxylation sites is 1. The number of alkyl halides is 2. The van der Waals surface area contributed by atoms with Gasteiger partial charge in [0.15, 0.2) is 5.13 Å². The van der Waals surface area contributed by atoms with Crippen molar-refractivity contribution >= 4 is 28.3 Å². The molecule has 9 heteroatoms. The summed E-state index contributed by atoms with van der Waals surface area (Å²) in [5.41, 5.74) is 5.42. The van der Waals surface area contributed by atoms with Crippen molar-refractivity contribution < 1.29 is 23.1 Å². The van der Waals surface area contributed by atoms with Gasteiger partial charge in [-0.1, -0.05) is 12.1 Å². The van der Waals surface area contributed by atoms with Gasteiger partial charge < -0.3 is 10.5 Å². The molecule has 0 saturated heterocycles. The molecule has 1 aromatic heterocycles. The van der Waals surface area contributed by atoms with Gasteiger partial charge >= 0.3 is 6.61 Å². The van der Waals surface area contributed by atoms with E-state index in [0.717, 1.165) is 11.3 Å². The fraction of sp³-hybridized carbons (Fsp3) is 0.154. The van der Waals surface area contributed by atoms with Crippen molar-refractivity contribution in [1.29, 1.82) is 0 Å². The molecule has 1 heterocycles. The van der Waals surface area contributed by atoms with Crippen molar-refractivity contribution in [3.8, 4) is 5.75 Å². The van der Waals surface area contributed by atoms with Crippen LogP contribution in [0.25, 0.3) is 0 Å². The van der Waals surface area contributed by atoms with Gasteiger partial charge in [-0.2, -0.15) is 8.78 Å². The first-order valence-electron chi connectivity index (χ1n) is 6.03. The Hall–Kier alpha value is -2.55. The highest BCUT2D eigenvalue weighted by Gasteiger charge is 2.16. The lowest BCUT2D eigenvalue weighted by Crippen LogP contribution is -2.15. The second-order valence-corrected chi connectivity index (χ2v) is 4.97. The molecule has 0 aliphatic heterocycles. The predicted molar refractivity (Wildman–Crippen MR) is 76.0 cm³/mol. The van der Waals surface area contributed by atoms with E-state index < -0.39 is 18.4 Å². The third kappa shape index (κ3) is 4.22. The number of rotatable bonds is 6. The highest BCUT2D eigenvalue weighted by Crippen LogP contribution is 2.23. The molecular formula is C13H11F2N3O3S. The van der Waals surface area contributed by atoms with Crippen molar-refractivity contribution in [3.63, 3.8) is 0 Å². The number of anilines is 1. The van der Waals surface area contributed by atoms with E-state index in [4.69, 9.17) is 5.73 Å². The number of halogens is 2. The zero-order valence-corrected chi connectivity index (χ0v) is 11.9. The largest absolute Gasteiger partial charge is 0.434 e. The van der Waals surface area contributed by atoms with E-state index in [1.165, 1.54) is 24.3 Å². The molecule has 0 radical (unpaired) electrons. The van der Waals surface area contributed by atoms with Gasteiger partial charge in [-0.25, -0.2) is 4.98 Å². The zero-order valence-electron chi connectivity index (χ0n) is 11.1. The fourth-order valence-corrected chi connectivity index (χ4v) is 2.35. The Morgan fingerprint density at radius 1 is 1.36 bits per heavy atom. The Labute approximate surface area is 127 Å². The first-order valence-corrected chi connectivity index (χ1v) is 6.91. The number of hydrogen-bond donors (Lipinski definition) is 2. The summed E-state index contributed by atoms with van der Waals surface area (Å²) in [4.78, 5) is 26.9. The van der Waals surface area contributed by atoms with E-state index in [0.29, 0.717) is 5.69 Å². The third-order valence-electron chi connectivity index (χ3n) is 2.48. The topological polar surface area (TPSA) is 94.3 Å². The minimum Gasteiger partial charge on any atom is -0.434 e. The monoisotopic (exact) mass is 327 g/mol. The molecule has 1 aromatic carbocycles. The summed E-state index contributed by atoms with van der Waals surface area (Å²) < 4.78 is 28.9. The van der Waals surface area contributed by atoms with Gasteiger partial charge in [-0.15, -0.1) is 11.3 Å². The maximum atomic E-state index is 12.3. The smallest absolute Gasteiger partial charge is 0.387 e. The first kappa shape index (κ1) is 15.8. The number of nitrogens with two attached hydrogens (primary N) is 1. The number of ether oxygens (including phenoxy) is 1. The lowest BCUT2D eigenvalue weighted by Gasteiger charge is -2.09. The Bertz CT molecular complexity index is 691. The maximum Gasteiger partial charge on any atom is 0.387 e. The predicted octanol–water partition coefficient (Wildman–Crippen LogP) is 2.02. The average Bonchev–Trinajstić information content (AvgIpc) is 2.84. The summed E-state index contributed by atoms with van der Waals surface area (Å²) in [5, 5.41) is 4.26. The second kappa shape index (κ2) is 6.94. The summed E-state index contributed by atoms with van der Waals surface area (Å²) in [6.07, 6.45) is -0.0442. The molecule has 3 N–H and O–H groups in total. The molecule has 0 unspecified atom stereocenters. The van der Waals surface area contributed by atoms with Gasteiger partial charge in [0.25, 0.3) is 5.91 Å². The summed E-state index contributed by atoms with van der Waals surface area (Å²) in [6, 6.07) is 5.61. The Kier molecular flexibility index (Phi) is 4.99. The quantitative estimate of drug-likeness (QED) is 0.849. The number of thiazole rings is 1. The normalized spacial score (nSPS) is 10.5. The Morgan fingerprint density at radius 3 is 2.77 bits per heavy atom. The van der Waals surface area contributed by atoms with Crippen LogP contribution in [0.3, 0.4) is 0 Å². The van der Waals surface area contributed by atoms with E-state index in [9.17, 15) is 18.4 Å². The SMILES string of the molecule is NC(=O)Cc1csc(NC(=O)c2ccccc2OC(F)F)n1. The van der Waals surface area contributed by atoms with Crippen LogP contribution in [-0.4, -0.2) is 23.4 Å². The van der Waals surface area contributed by atoms with Crippen LogP contribution in [0.15, 0.2) is 29.6 Å². The number of amides is 2. The number of primary amides is 1. The molecule has 0 atom stereocenters. The van der Waals surface area contributed by atoms with Crippen LogP contribution in [0.2, 0.25) is 0 Å². The van der Waals surface area contributed by atoms with Gasteiger partial charge in [-0.05, 0) is 12.1 Å². The zero-order chi connectivity index (χ0) is 16.1. The van der Waals surface area contributed by atoms with Crippen molar-refractivity contribution in [2.75, 3.05) is 5.32 Å². The summed E-state index contributed by atoms with van der Waals surface area (Å²) >= 11 is 1.09. The van der Waals surface area contributed by atoms with Crippen LogP contribution >= 0.6 is 11.3 Å². The maximum absolute atomic E-state index is 12.3. The van der Waals surface area contributed by atoms with E-state index in [1.807, 2.05) is 0 Å². The summed E-state index contributed by atoms with van der Waals surface area (Å²) in [7, 11) is 0. The number of nitrogens with one attached hydrogen (secondary N) is 1. The van der Waals surface area contributed by atoms with Gasteiger partial charge in [0.05, 0.1) is 17.7 Å². The minimum atomic E-state index is -3.03. The van der Waals surface area contributed by atoms with Gasteiger partial charge in [0.1, 0.15) is 5.75 Å². The van der Waals surface area contributed by atoms with Gasteiger partial charge in [-0.3, -0.25) is 14.9 Å². The number of benzene rings is 1. The van der Waals surface area contributed by atoms with Crippen molar-refractivity contribution in [2.24, 2.45) is 5.73 Å². The van der Waals surface area contributed by atoms with E-state index in [-0.39, 0.29) is 22.9 Å². The van der Waals surface area contributed by atoms with Crippen LogP contribution in [0, 0.1) is 0 Å². The van der Waals surface area contributed by atoms with Crippen LogP contribution < -0.4 is 15.8 Å². The fourth-order valence-electron chi connectivity index (χ4n) is 1.64. The number of hydrogen-bond acceptors (Lipinski definition) is 5. The third-order valence-corrected chi connectivity index (χ3v) is 3.28. The van der Waals surface area contributed by atoms with Crippen LogP contribution in [0.1, 0.15) is 16.1 Å². The number of aromatic nitrogens is 1. The Balaban J connectivity index is 2.12. The van der Waals surface area contributed by atoms with Crippen LogP contribution in [-0.2, 0) is 11.2 Å². The molecule has 0 spiro atoms. The molecule has 22 heavy (non-hydrogen) atoms. The van der Waals surface area contributed by atoms with Crippen molar-refractivity contribution in [3.05, 3.63) is 40.9 Å². The number of nitrogens with zero attached hydrogens (tertiary/aromatic N) is 1. The lowest BCUT2D eigenvalue weighted by molar-refractivity contribution is -0.117. The standard InChI is InChI=1S/C13H11F2N3O3S/c14-12(15)21-9-4-2-1-3-8(9)11(20)18-13-17-7(6-22-13)5-10(16)19/h1-4,6,12H,5H2,(H2,16,19)(H,17,18,20). The highest BCUT2D eigenvalue weighted by atomic mass is 32.1. The molecule has 6 nitrogen and oxygen atoms in total. The molecule has 2 aromatic rings. The van der Waals surface area contributed by atoms with Crippen molar-refractivity contribution in [1.82, 2.24) is 4.98 Å². The molecule has 0 fully saturated rings. The summed E-state index contributed by atoms with van der Waals surface area (Å²) in [6.45, 7) is -3.03. The molecule has 116 valence electrons. The number of carbonyl (C=O) groups is 2. The Morgan fingerprint density at radius 2 is 2.09 bits per heavy atom. The van der Waals surface area contributed by atoms with E-state index in [1.54, 1.807) is 5.38 Å². The van der Waals surface area contributed by atoms with Crippen LogP contribution in [0.4, 0.5) is 13.9 Å². The van der Waals surface area contributed by atoms with E-state index in [2.05, 4.69) is 15.0 Å². The van der Waals surface area contributed by atoms with Gasteiger partial charge in [0, 0.05) is 5.38 Å². The van der Waals surface area contributed by atoms with Crippen molar-refractivity contribution in [2.45, 2.75) is 13.0 Å². The van der Waals surface area contributed by atoms with Gasteiger partial charge in [0.2, 0.25) is 5.91 Å². The number of carbonyl (C=O) groups excluding carboxylic acids is 2. The second-order valence-electron chi connectivity index (χ2n) is 4.12. The molecule has 0 aliphatic carbocycles. The lowest BCUT2D eigenvalue weighted by atomic mass is 10.2. The molecular weight excluding hydrogens is 316 g/mol. The van der Waals surface area contributed by atoms with E-state index >= 15 is 0 Å². The molecule has 0 aliphatic rings. The average molecular weight is 327 g/mol. The first-order chi connectivity index (χ1) is 10.5. The minimum absolute atomic E-state index is 0.0442.